The number of thioether (sulfide) groups is 1. The van der Waals surface area contributed by atoms with E-state index in [9.17, 15) is 0 Å². The van der Waals surface area contributed by atoms with Crippen molar-refractivity contribution >= 4 is 11.8 Å². The lowest BCUT2D eigenvalue weighted by atomic mass is 10.2. The molecule has 3 aromatic rings. The van der Waals surface area contributed by atoms with Crippen LogP contribution in [0.5, 0.6) is 0 Å². The highest BCUT2D eigenvalue weighted by molar-refractivity contribution is 7.98. The van der Waals surface area contributed by atoms with Gasteiger partial charge in [-0.3, -0.25) is 0 Å². The largest absolute Gasteiger partial charge is 0.411 e. The molecule has 1 heterocycles. The zero-order valence-corrected chi connectivity index (χ0v) is 11.9. The van der Waals surface area contributed by atoms with E-state index in [2.05, 4.69) is 16.3 Å². The van der Waals surface area contributed by atoms with Gasteiger partial charge in [-0.25, -0.2) is 0 Å². The van der Waals surface area contributed by atoms with Gasteiger partial charge < -0.3 is 4.42 Å². The topological polar surface area (TPSA) is 62.7 Å². The lowest BCUT2D eigenvalue weighted by Crippen LogP contribution is -1.81. The Morgan fingerprint density at radius 1 is 1.00 bits per heavy atom. The van der Waals surface area contributed by atoms with Crippen LogP contribution in [0.15, 0.2) is 64.2 Å². The van der Waals surface area contributed by atoms with E-state index in [0.29, 0.717) is 16.7 Å². The zero-order chi connectivity index (χ0) is 14.5. The Hall–Kier alpha value is -2.58. The summed E-state index contributed by atoms with van der Waals surface area (Å²) in [6.07, 6.45) is 0. The summed E-state index contributed by atoms with van der Waals surface area (Å²) in [5, 5.41) is 17.4. The van der Waals surface area contributed by atoms with Gasteiger partial charge in [0.05, 0.1) is 11.6 Å². The second kappa shape index (κ2) is 6.25. The summed E-state index contributed by atoms with van der Waals surface area (Å²) in [6.45, 7) is 0. The van der Waals surface area contributed by atoms with Crippen LogP contribution in [0, 0.1) is 11.3 Å². The van der Waals surface area contributed by atoms with E-state index < -0.39 is 0 Å². The molecule has 5 heteroatoms. The molecule has 4 nitrogen and oxygen atoms in total. The summed E-state index contributed by atoms with van der Waals surface area (Å²) < 4.78 is 5.62. The van der Waals surface area contributed by atoms with E-state index in [-0.39, 0.29) is 0 Å². The summed E-state index contributed by atoms with van der Waals surface area (Å²) in [6, 6.07) is 19.3. The van der Waals surface area contributed by atoms with Gasteiger partial charge in [-0.2, -0.15) is 5.26 Å². The molecule has 0 N–H and O–H groups in total. The van der Waals surface area contributed by atoms with Crippen LogP contribution in [0.4, 0.5) is 0 Å². The van der Waals surface area contributed by atoms with Crippen LogP contribution in [-0.4, -0.2) is 10.2 Å². The Morgan fingerprint density at radius 3 is 2.48 bits per heavy atom. The van der Waals surface area contributed by atoms with E-state index >= 15 is 0 Å². The van der Waals surface area contributed by atoms with Crippen LogP contribution in [0.2, 0.25) is 0 Å². The maximum Gasteiger partial charge on any atom is 0.277 e. The molecule has 21 heavy (non-hydrogen) atoms. The number of hydrogen-bond acceptors (Lipinski definition) is 5. The summed E-state index contributed by atoms with van der Waals surface area (Å²) >= 11 is 1.48. The zero-order valence-electron chi connectivity index (χ0n) is 11.1. The van der Waals surface area contributed by atoms with Crippen molar-refractivity contribution in [1.29, 1.82) is 5.26 Å². The van der Waals surface area contributed by atoms with Gasteiger partial charge in [0.25, 0.3) is 5.22 Å². The summed E-state index contributed by atoms with van der Waals surface area (Å²) in [4.78, 5) is 0. The molecule has 0 spiro atoms. The Morgan fingerprint density at radius 2 is 1.76 bits per heavy atom. The van der Waals surface area contributed by atoms with E-state index in [1.165, 1.54) is 11.8 Å². The summed E-state index contributed by atoms with van der Waals surface area (Å²) in [7, 11) is 0. The normalized spacial score (nSPS) is 10.2. The molecule has 0 aliphatic carbocycles. The highest BCUT2D eigenvalue weighted by Crippen LogP contribution is 2.25. The lowest BCUT2D eigenvalue weighted by Gasteiger charge is -1.98. The van der Waals surface area contributed by atoms with Crippen LogP contribution in [-0.2, 0) is 5.75 Å². The van der Waals surface area contributed by atoms with Gasteiger partial charge in [-0.15, -0.1) is 10.2 Å². The molecule has 1 aromatic heterocycles. The van der Waals surface area contributed by atoms with E-state index in [1.807, 2.05) is 42.5 Å². The molecule has 0 atom stereocenters. The van der Waals surface area contributed by atoms with Crippen LogP contribution in [0.3, 0.4) is 0 Å². The summed E-state index contributed by atoms with van der Waals surface area (Å²) in [5.41, 5.74) is 2.68. The molecular formula is C16H11N3OS. The van der Waals surface area contributed by atoms with Gasteiger partial charge >= 0.3 is 0 Å². The first-order valence-electron chi connectivity index (χ1n) is 6.36. The Balaban J connectivity index is 1.66. The number of nitrogens with zero attached hydrogens (tertiary/aromatic N) is 3. The molecule has 0 radical (unpaired) electrons. The number of benzene rings is 2. The maximum atomic E-state index is 8.76. The average Bonchev–Trinajstić information content (AvgIpc) is 3.03. The first-order valence-corrected chi connectivity index (χ1v) is 7.34. The molecule has 0 amide bonds. The Labute approximate surface area is 126 Å². The van der Waals surface area contributed by atoms with Crippen LogP contribution < -0.4 is 0 Å². The number of nitriles is 1. The van der Waals surface area contributed by atoms with Gasteiger partial charge in [-0.05, 0) is 29.8 Å². The van der Waals surface area contributed by atoms with Gasteiger partial charge in [-0.1, -0.05) is 42.1 Å². The molecule has 0 fully saturated rings. The monoisotopic (exact) mass is 293 g/mol. The SMILES string of the molecule is N#Cc1ccc(CSc2nnc(-c3ccccc3)o2)cc1. The predicted octanol–water partition coefficient (Wildman–Crippen LogP) is 3.90. The number of hydrogen-bond donors (Lipinski definition) is 0. The molecular weight excluding hydrogens is 282 g/mol. The van der Waals surface area contributed by atoms with Gasteiger partial charge in [0.2, 0.25) is 5.89 Å². The van der Waals surface area contributed by atoms with Crippen LogP contribution in [0.25, 0.3) is 11.5 Å². The minimum atomic E-state index is 0.526. The fourth-order valence-corrected chi connectivity index (χ4v) is 2.51. The maximum absolute atomic E-state index is 8.76. The minimum absolute atomic E-state index is 0.526. The first kappa shape index (κ1) is 13.4. The minimum Gasteiger partial charge on any atom is -0.411 e. The molecule has 0 aliphatic rings. The molecule has 102 valence electrons. The van der Waals surface area contributed by atoms with E-state index in [1.54, 1.807) is 12.1 Å². The Bertz CT molecular complexity index is 760. The van der Waals surface area contributed by atoms with Gasteiger partial charge in [0.1, 0.15) is 0 Å². The molecule has 3 rings (SSSR count). The van der Waals surface area contributed by atoms with Crippen molar-refractivity contribution in [3.05, 3.63) is 65.7 Å². The fourth-order valence-electron chi connectivity index (χ4n) is 1.79. The first-order chi connectivity index (χ1) is 10.3. The molecule has 0 saturated carbocycles. The fraction of sp³-hybridized carbons (Fsp3) is 0.0625. The van der Waals surface area contributed by atoms with E-state index in [4.69, 9.17) is 9.68 Å². The standard InChI is InChI=1S/C16H11N3OS/c17-10-12-6-8-13(9-7-12)11-21-16-19-18-15(20-16)14-4-2-1-3-5-14/h1-9H,11H2. The number of rotatable bonds is 4. The highest BCUT2D eigenvalue weighted by Gasteiger charge is 2.08. The molecule has 0 saturated heterocycles. The van der Waals surface area contributed by atoms with Crippen molar-refractivity contribution in [2.75, 3.05) is 0 Å². The van der Waals surface area contributed by atoms with Crippen molar-refractivity contribution in [3.63, 3.8) is 0 Å². The van der Waals surface area contributed by atoms with Crippen molar-refractivity contribution in [3.8, 4) is 17.5 Å². The lowest BCUT2D eigenvalue weighted by molar-refractivity contribution is 0.466. The predicted molar refractivity (Wildman–Crippen MR) is 80.5 cm³/mol. The van der Waals surface area contributed by atoms with Gasteiger partial charge in [0.15, 0.2) is 0 Å². The number of aromatic nitrogens is 2. The molecule has 0 unspecified atom stereocenters. The third-order valence-corrected chi connectivity index (χ3v) is 3.76. The molecule has 0 bridgehead atoms. The van der Waals surface area contributed by atoms with Crippen LogP contribution >= 0.6 is 11.8 Å². The van der Waals surface area contributed by atoms with Crippen molar-refractivity contribution in [1.82, 2.24) is 10.2 Å². The third kappa shape index (κ3) is 3.30. The Kier molecular flexibility index (Phi) is 3.99. The molecule has 0 aliphatic heterocycles. The van der Waals surface area contributed by atoms with Crippen molar-refractivity contribution in [2.45, 2.75) is 11.0 Å². The second-order valence-electron chi connectivity index (χ2n) is 4.34. The van der Waals surface area contributed by atoms with Crippen LogP contribution in [0.1, 0.15) is 11.1 Å². The second-order valence-corrected chi connectivity index (χ2v) is 5.26. The molecule has 2 aromatic carbocycles. The smallest absolute Gasteiger partial charge is 0.277 e. The third-order valence-electron chi connectivity index (χ3n) is 2.87. The van der Waals surface area contributed by atoms with E-state index in [0.717, 1.165) is 16.9 Å². The summed E-state index contributed by atoms with van der Waals surface area (Å²) in [5.74, 6) is 1.25. The highest BCUT2D eigenvalue weighted by atomic mass is 32.2. The quantitative estimate of drug-likeness (QED) is 0.683. The average molecular weight is 293 g/mol. The van der Waals surface area contributed by atoms with Crippen molar-refractivity contribution in [2.24, 2.45) is 0 Å². The van der Waals surface area contributed by atoms with Gasteiger partial charge in [0, 0.05) is 11.3 Å². The van der Waals surface area contributed by atoms with Crippen molar-refractivity contribution < 1.29 is 4.42 Å².